The van der Waals surface area contributed by atoms with Crippen LogP contribution in [0.5, 0.6) is 0 Å². The largest absolute Gasteiger partial charge is 0.452 e. The lowest BCUT2D eigenvalue weighted by molar-refractivity contribution is -0.119. The number of thioether (sulfide) groups is 1. The first-order chi connectivity index (χ1) is 11.0. The molecule has 2 aromatic carbocycles. The minimum atomic E-state index is -0.703. The van der Waals surface area contributed by atoms with Crippen LogP contribution in [-0.2, 0) is 9.53 Å². The predicted molar refractivity (Wildman–Crippen MR) is 93.6 cm³/mol. The Bertz CT molecular complexity index is 737. The summed E-state index contributed by atoms with van der Waals surface area (Å²) in [5.41, 5.74) is 0.790. The van der Waals surface area contributed by atoms with Crippen molar-refractivity contribution in [2.75, 3.05) is 18.2 Å². The third-order valence-electron chi connectivity index (χ3n) is 2.86. The van der Waals surface area contributed by atoms with Crippen molar-refractivity contribution in [3.05, 3.63) is 58.1 Å². The molecule has 7 heteroatoms. The van der Waals surface area contributed by atoms with Gasteiger partial charge in [0.1, 0.15) is 0 Å². The van der Waals surface area contributed by atoms with E-state index >= 15 is 0 Å². The Kier molecular flexibility index (Phi) is 6.33. The molecule has 0 spiro atoms. The molecule has 0 aliphatic rings. The van der Waals surface area contributed by atoms with Gasteiger partial charge in [0.15, 0.2) is 6.61 Å². The molecule has 0 aliphatic heterocycles. The lowest BCUT2D eigenvalue weighted by atomic mass is 10.2. The normalized spacial score (nSPS) is 10.2. The van der Waals surface area contributed by atoms with E-state index in [0.717, 1.165) is 4.90 Å². The third kappa shape index (κ3) is 4.89. The number of benzene rings is 2. The Labute approximate surface area is 148 Å². The van der Waals surface area contributed by atoms with Crippen molar-refractivity contribution < 1.29 is 14.3 Å². The molecule has 0 saturated heterocycles. The molecule has 1 amide bonds. The Morgan fingerprint density at radius 3 is 2.65 bits per heavy atom. The number of halogens is 2. The average Bonchev–Trinajstić information content (AvgIpc) is 2.55. The molecule has 2 aromatic rings. The van der Waals surface area contributed by atoms with E-state index < -0.39 is 18.5 Å². The van der Waals surface area contributed by atoms with Gasteiger partial charge in [-0.2, -0.15) is 0 Å². The predicted octanol–water partition coefficient (Wildman–Crippen LogP) is 4.51. The fourth-order valence-electron chi connectivity index (χ4n) is 1.80. The average molecular weight is 370 g/mol. The highest BCUT2D eigenvalue weighted by molar-refractivity contribution is 7.98. The van der Waals surface area contributed by atoms with E-state index in [-0.39, 0.29) is 10.6 Å². The second kappa shape index (κ2) is 8.24. The lowest BCUT2D eigenvalue weighted by Gasteiger charge is -2.10. The van der Waals surface area contributed by atoms with Crippen molar-refractivity contribution in [3.8, 4) is 0 Å². The molecule has 2 rings (SSSR count). The van der Waals surface area contributed by atoms with Crippen molar-refractivity contribution >= 4 is 52.5 Å². The summed E-state index contributed by atoms with van der Waals surface area (Å²) in [6, 6.07) is 11.8. The van der Waals surface area contributed by atoms with Crippen LogP contribution >= 0.6 is 35.0 Å². The van der Waals surface area contributed by atoms with E-state index in [2.05, 4.69) is 5.32 Å². The van der Waals surface area contributed by atoms with Crippen LogP contribution in [0.4, 0.5) is 5.69 Å². The van der Waals surface area contributed by atoms with Gasteiger partial charge in [0, 0.05) is 9.92 Å². The molecule has 120 valence electrons. The van der Waals surface area contributed by atoms with Crippen molar-refractivity contribution in [1.29, 1.82) is 0 Å². The molecule has 0 fully saturated rings. The maximum Gasteiger partial charge on any atom is 0.340 e. The molecule has 0 unspecified atom stereocenters. The zero-order valence-corrected chi connectivity index (χ0v) is 14.5. The number of amides is 1. The van der Waals surface area contributed by atoms with Gasteiger partial charge in [-0.25, -0.2) is 4.79 Å². The van der Waals surface area contributed by atoms with Crippen LogP contribution in [-0.4, -0.2) is 24.7 Å². The second-order valence-corrected chi connectivity index (χ2v) is 6.14. The molecule has 0 bridgehead atoms. The first-order valence-electron chi connectivity index (χ1n) is 6.56. The van der Waals surface area contributed by atoms with Crippen LogP contribution in [0.15, 0.2) is 47.4 Å². The van der Waals surface area contributed by atoms with Crippen LogP contribution in [0.2, 0.25) is 10.0 Å². The SMILES string of the molecule is CSc1ccccc1NC(=O)COC(=O)c1cc(Cl)ccc1Cl. The first kappa shape index (κ1) is 17.7. The summed E-state index contributed by atoms with van der Waals surface area (Å²) in [5, 5.41) is 3.27. The number of carbonyl (C=O) groups excluding carboxylic acids is 2. The highest BCUT2D eigenvalue weighted by atomic mass is 35.5. The van der Waals surface area contributed by atoms with Gasteiger partial charge < -0.3 is 10.1 Å². The zero-order valence-electron chi connectivity index (χ0n) is 12.1. The molecule has 0 saturated carbocycles. The van der Waals surface area contributed by atoms with Gasteiger partial charge in [-0.1, -0.05) is 35.3 Å². The standard InChI is InChI=1S/C16H13Cl2NO3S/c1-23-14-5-3-2-4-13(14)19-15(20)9-22-16(21)11-8-10(17)6-7-12(11)18/h2-8H,9H2,1H3,(H,19,20). The number of para-hydroxylation sites is 1. The van der Waals surface area contributed by atoms with Crippen LogP contribution in [0.3, 0.4) is 0 Å². The molecular weight excluding hydrogens is 357 g/mol. The summed E-state index contributed by atoms with van der Waals surface area (Å²) in [5.74, 6) is -1.14. The van der Waals surface area contributed by atoms with Gasteiger partial charge in [-0.3, -0.25) is 4.79 Å². The van der Waals surface area contributed by atoms with Crippen molar-refractivity contribution in [2.24, 2.45) is 0 Å². The minimum Gasteiger partial charge on any atom is -0.452 e. The van der Waals surface area contributed by atoms with E-state index in [9.17, 15) is 9.59 Å². The Morgan fingerprint density at radius 1 is 1.17 bits per heavy atom. The minimum absolute atomic E-state index is 0.122. The quantitative estimate of drug-likeness (QED) is 0.622. The molecular formula is C16H13Cl2NO3S. The van der Waals surface area contributed by atoms with Crippen LogP contribution < -0.4 is 5.32 Å². The zero-order chi connectivity index (χ0) is 16.8. The summed E-state index contributed by atoms with van der Waals surface area (Å²) < 4.78 is 4.97. The monoisotopic (exact) mass is 369 g/mol. The Hall–Kier alpha value is -1.69. The molecule has 0 radical (unpaired) electrons. The number of hydrogen-bond acceptors (Lipinski definition) is 4. The van der Waals surface area contributed by atoms with Gasteiger partial charge in [-0.15, -0.1) is 11.8 Å². The maximum atomic E-state index is 11.9. The van der Waals surface area contributed by atoms with Crippen LogP contribution in [0.25, 0.3) is 0 Å². The fourth-order valence-corrected chi connectivity index (χ4v) is 2.72. The smallest absolute Gasteiger partial charge is 0.340 e. The summed E-state index contributed by atoms with van der Waals surface area (Å²) in [4.78, 5) is 24.8. The molecule has 0 aliphatic carbocycles. The molecule has 0 atom stereocenters. The number of ether oxygens (including phenoxy) is 1. The summed E-state index contributed by atoms with van der Waals surface area (Å²) in [7, 11) is 0. The summed E-state index contributed by atoms with van der Waals surface area (Å²) >= 11 is 13.2. The number of esters is 1. The van der Waals surface area contributed by atoms with E-state index in [4.69, 9.17) is 27.9 Å². The second-order valence-electron chi connectivity index (χ2n) is 4.45. The highest BCUT2D eigenvalue weighted by Gasteiger charge is 2.15. The van der Waals surface area contributed by atoms with Crippen molar-refractivity contribution in [3.63, 3.8) is 0 Å². The summed E-state index contributed by atoms with van der Waals surface area (Å²) in [6.07, 6.45) is 1.91. The van der Waals surface area contributed by atoms with Gasteiger partial charge in [0.2, 0.25) is 0 Å². The van der Waals surface area contributed by atoms with E-state index in [1.807, 2.05) is 24.5 Å². The van der Waals surface area contributed by atoms with Crippen LogP contribution in [0, 0.1) is 0 Å². The molecule has 1 N–H and O–H groups in total. The van der Waals surface area contributed by atoms with Gasteiger partial charge in [0.05, 0.1) is 16.3 Å². The molecule has 0 heterocycles. The topological polar surface area (TPSA) is 55.4 Å². The van der Waals surface area contributed by atoms with E-state index in [1.54, 1.807) is 12.1 Å². The first-order valence-corrected chi connectivity index (χ1v) is 8.54. The Balaban J connectivity index is 1.96. The van der Waals surface area contributed by atoms with Crippen molar-refractivity contribution in [2.45, 2.75) is 4.90 Å². The van der Waals surface area contributed by atoms with Gasteiger partial charge in [0.25, 0.3) is 5.91 Å². The number of anilines is 1. The fraction of sp³-hybridized carbons (Fsp3) is 0.125. The molecule has 0 aromatic heterocycles. The lowest BCUT2D eigenvalue weighted by Crippen LogP contribution is -2.21. The van der Waals surface area contributed by atoms with E-state index in [0.29, 0.717) is 10.7 Å². The highest BCUT2D eigenvalue weighted by Crippen LogP contribution is 2.24. The van der Waals surface area contributed by atoms with Crippen molar-refractivity contribution in [1.82, 2.24) is 0 Å². The van der Waals surface area contributed by atoms with E-state index in [1.165, 1.54) is 23.9 Å². The Morgan fingerprint density at radius 2 is 1.91 bits per heavy atom. The number of carbonyl (C=O) groups is 2. The van der Waals surface area contributed by atoms with Gasteiger partial charge >= 0.3 is 5.97 Å². The van der Waals surface area contributed by atoms with Crippen LogP contribution in [0.1, 0.15) is 10.4 Å². The molecule has 23 heavy (non-hydrogen) atoms. The third-order valence-corrected chi connectivity index (χ3v) is 4.22. The number of hydrogen-bond donors (Lipinski definition) is 1. The molecule has 4 nitrogen and oxygen atoms in total. The number of nitrogens with one attached hydrogen (secondary N) is 1. The van der Waals surface area contributed by atoms with Gasteiger partial charge in [-0.05, 0) is 36.6 Å². The number of rotatable bonds is 5. The maximum absolute atomic E-state index is 11.9. The summed E-state index contributed by atoms with van der Waals surface area (Å²) in [6.45, 7) is -0.412.